The number of fused-ring (bicyclic) bond motifs is 1. The summed E-state index contributed by atoms with van der Waals surface area (Å²) in [5.41, 5.74) is 3.44. The molecule has 5 rings (SSSR count). The lowest BCUT2D eigenvalue weighted by atomic mass is 9.84. The molecule has 0 aliphatic carbocycles. The summed E-state index contributed by atoms with van der Waals surface area (Å²) in [5.74, 6) is -7.10. The summed E-state index contributed by atoms with van der Waals surface area (Å²) in [6, 6.07) is 4.42. The molecule has 1 aromatic carbocycles. The van der Waals surface area contributed by atoms with Crippen LogP contribution in [-0.4, -0.2) is 76.4 Å². The van der Waals surface area contributed by atoms with Gasteiger partial charge in [-0.3, -0.25) is 14.4 Å². The molecule has 7 nitrogen and oxygen atoms in total. The zero-order valence-electron chi connectivity index (χ0n) is 21.3. The number of alkyl halides is 6. The Morgan fingerprint density at radius 3 is 2.23 bits per heavy atom. The fraction of sp³-hybridized carbons (Fsp3) is 0.615. The number of carboxylic acids is 1. The topological polar surface area (TPSA) is 73.6 Å². The number of hydrogen-bond donors (Lipinski definition) is 2. The molecule has 214 valence electrons. The number of nitrogens with one attached hydrogen (secondary N) is 1. The fourth-order valence-electron chi connectivity index (χ4n) is 6.48. The van der Waals surface area contributed by atoms with Crippen molar-refractivity contribution in [3.05, 3.63) is 36.0 Å². The Kier molecular flexibility index (Phi) is 7.34. The maximum Gasteiger partial charge on any atom is 0.402 e. The molecule has 4 unspecified atom stereocenters. The van der Waals surface area contributed by atoms with Gasteiger partial charge in [0.2, 0.25) is 0 Å². The standard InChI is InChI=1S/C26H31F6N5O2/c1-2-37-12-16(20(34-37)15-5-7-17(8-6-15)36-9-3-4-10-36)11-35-13-18-19(14-35)22(24(38)39)33-21(18)23(25(27,28)29)26(30,31)32/h5-8,12,18-19,21-23,33H,2-4,9-11,13-14H2,1H3,(H,38,39). The Balaban J connectivity index is 1.39. The minimum atomic E-state index is -5.56. The number of carbonyl (C=O) groups is 1. The Morgan fingerprint density at radius 2 is 1.67 bits per heavy atom. The molecule has 0 saturated carbocycles. The van der Waals surface area contributed by atoms with Crippen LogP contribution in [0.25, 0.3) is 11.3 Å². The Hall–Kier alpha value is -2.80. The van der Waals surface area contributed by atoms with E-state index in [4.69, 9.17) is 0 Å². The van der Waals surface area contributed by atoms with Crippen molar-refractivity contribution in [3.8, 4) is 11.3 Å². The first kappa shape index (κ1) is 27.8. The first-order valence-electron chi connectivity index (χ1n) is 13.1. The number of aryl methyl sites for hydroxylation is 1. The molecule has 2 aromatic rings. The van der Waals surface area contributed by atoms with Crippen LogP contribution < -0.4 is 10.2 Å². The number of halogens is 6. The smallest absolute Gasteiger partial charge is 0.402 e. The molecule has 3 aliphatic rings. The Bertz CT molecular complexity index is 1160. The van der Waals surface area contributed by atoms with E-state index in [1.807, 2.05) is 37.4 Å². The third-order valence-electron chi connectivity index (χ3n) is 8.25. The number of anilines is 1. The molecule has 13 heteroatoms. The number of benzene rings is 1. The van der Waals surface area contributed by atoms with Gasteiger partial charge in [-0.25, -0.2) is 0 Å². The third-order valence-corrected chi connectivity index (χ3v) is 8.25. The van der Waals surface area contributed by atoms with Gasteiger partial charge in [-0.15, -0.1) is 0 Å². The SMILES string of the molecule is CCn1cc(CN2CC3C(C(=O)O)NC(C(C(F)(F)F)C(F)(F)F)C3C2)c(-c2ccc(N3CCCC3)cc2)n1. The van der Waals surface area contributed by atoms with Crippen LogP contribution >= 0.6 is 0 Å². The second-order valence-electron chi connectivity index (χ2n) is 10.7. The van der Waals surface area contributed by atoms with Gasteiger partial charge in [-0.2, -0.15) is 31.4 Å². The van der Waals surface area contributed by atoms with Crippen molar-refractivity contribution in [1.29, 1.82) is 0 Å². The summed E-state index contributed by atoms with van der Waals surface area (Å²) in [6.45, 7) is 4.72. The summed E-state index contributed by atoms with van der Waals surface area (Å²) < 4.78 is 83.2. The van der Waals surface area contributed by atoms with Crippen molar-refractivity contribution >= 4 is 11.7 Å². The van der Waals surface area contributed by atoms with Gasteiger partial charge in [-0.1, -0.05) is 12.1 Å². The van der Waals surface area contributed by atoms with E-state index in [0.717, 1.165) is 42.7 Å². The zero-order chi connectivity index (χ0) is 28.1. The van der Waals surface area contributed by atoms with E-state index in [0.29, 0.717) is 12.2 Å². The molecule has 4 atom stereocenters. The van der Waals surface area contributed by atoms with Crippen LogP contribution in [0, 0.1) is 17.8 Å². The second-order valence-corrected chi connectivity index (χ2v) is 10.7. The van der Waals surface area contributed by atoms with Crippen LogP contribution in [0.4, 0.5) is 32.0 Å². The first-order valence-corrected chi connectivity index (χ1v) is 13.1. The van der Waals surface area contributed by atoms with Crippen LogP contribution in [0.1, 0.15) is 25.3 Å². The van der Waals surface area contributed by atoms with Gasteiger partial charge in [0, 0.05) is 74.2 Å². The molecule has 39 heavy (non-hydrogen) atoms. The van der Waals surface area contributed by atoms with Crippen LogP contribution in [-0.2, 0) is 17.9 Å². The maximum atomic E-state index is 13.6. The lowest BCUT2D eigenvalue weighted by Crippen LogP contribution is -2.53. The van der Waals surface area contributed by atoms with Gasteiger partial charge < -0.3 is 15.3 Å². The van der Waals surface area contributed by atoms with E-state index >= 15 is 0 Å². The molecule has 3 saturated heterocycles. The average Bonchev–Trinajstić information content (AvgIpc) is 3.63. The molecule has 1 aromatic heterocycles. The van der Waals surface area contributed by atoms with E-state index in [-0.39, 0.29) is 19.6 Å². The predicted molar refractivity (Wildman–Crippen MR) is 131 cm³/mol. The van der Waals surface area contributed by atoms with E-state index in [2.05, 4.69) is 15.3 Å². The van der Waals surface area contributed by atoms with E-state index in [1.54, 1.807) is 9.58 Å². The van der Waals surface area contributed by atoms with Gasteiger partial charge in [0.05, 0.1) is 5.69 Å². The molecule has 3 aliphatic heterocycles. The normalized spacial score (nSPS) is 26.1. The Labute approximate surface area is 221 Å². The van der Waals surface area contributed by atoms with Crippen molar-refractivity contribution in [3.63, 3.8) is 0 Å². The molecule has 0 radical (unpaired) electrons. The molecule has 0 amide bonds. The van der Waals surface area contributed by atoms with E-state index < -0.39 is 48.2 Å². The molecular weight excluding hydrogens is 528 g/mol. The highest BCUT2D eigenvalue weighted by atomic mass is 19.4. The van der Waals surface area contributed by atoms with Crippen molar-refractivity contribution in [2.24, 2.45) is 17.8 Å². The van der Waals surface area contributed by atoms with E-state index in [9.17, 15) is 36.2 Å². The van der Waals surface area contributed by atoms with Crippen molar-refractivity contribution in [2.45, 2.75) is 57.3 Å². The Morgan fingerprint density at radius 1 is 1.05 bits per heavy atom. The summed E-state index contributed by atoms with van der Waals surface area (Å²) in [5, 5.41) is 16.5. The van der Waals surface area contributed by atoms with Crippen molar-refractivity contribution < 1.29 is 36.2 Å². The number of carboxylic acid groups (broad SMARTS) is 1. The number of rotatable bonds is 7. The first-order chi connectivity index (χ1) is 18.4. The average molecular weight is 560 g/mol. The van der Waals surface area contributed by atoms with E-state index in [1.165, 1.54) is 0 Å². The molecular formula is C26H31F6N5O2. The van der Waals surface area contributed by atoms with Gasteiger partial charge in [-0.05, 0) is 37.8 Å². The molecule has 2 N–H and O–H groups in total. The highest BCUT2D eigenvalue weighted by molar-refractivity contribution is 5.75. The minimum Gasteiger partial charge on any atom is -0.480 e. The molecule has 3 fully saturated rings. The van der Waals surface area contributed by atoms with Crippen LogP contribution in [0.2, 0.25) is 0 Å². The highest BCUT2D eigenvalue weighted by Gasteiger charge is 2.66. The summed E-state index contributed by atoms with van der Waals surface area (Å²) in [7, 11) is 0. The molecule has 0 spiro atoms. The summed E-state index contributed by atoms with van der Waals surface area (Å²) in [6.07, 6.45) is -6.99. The monoisotopic (exact) mass is 559 g/mol. The lowest BCUT2D eigenvalue weighted by molar-refractivity contribution is -0.293. The van der Waals surface area contributed by atoms with Crippen molar-refractivity contribution in [2.75, 3.05) is 31.1 Å². The van der Waals surface area contributed by atoms with Crippen LogP contribution in [0.15, 0.2) is 30.5 Å². The van der Waals surface area contributed by atoms with Gasteiger partial charge in [0.15, 0.2) is 5.92 Å². The number of likely N-dealkylation sites (tertiary alicyclic amines) is 1. The van der Waals surface area contributed by atoms with Gasteiger partial charge >= 0.3 is 18.3 Å². The van der Waals surface area contributed by atoms with Gasteiger partial charge in [0.25, 0.3) is 0 Å². The number of aliphatic carboxylic acids is 1. The summed E-state index contributed by atoms with van der Waals surface area (Å²) in [4.78, 5) is 15.9. The molecule has 0 bridgehead atoms. The maximum absolute atomic E-state index is 13.6. The fourth-order valence-corrected chi connectivity index (χ4v) is 6.48. The number of nitrogens with zero attached hydrogens (tertiary/aromatic N) is 4. The largest absolute Gasteiger partial charge is 0.480 e. The third kappa shape index (κ3) is 5.47. The highest BCUT2D eigenvalue weighted by Crippen LogP contribution is 2.48. The van der Waals surface area contributed by atoms with Gasteiger partial charge in [0.1, 0.15) is 6.04 Å². The predicted octanol–water partition coefficient (Wildman–Crippen LogP) is 4.38. The summed E-state index contributed by atoms with van der Waals surface area (Å²) >= 11 is 0. The second kappa shape index (κ2) is 10.3. The quantitative estimate of drug-likeness (QED) is 0.491. The number of aromatic nitrogens is 2. The molecule has 4 heterocycles. The van der Waals surface area contributed by atoms with Crippen LogP contribution in [0.3, 0.4) is 0 Å². The number of hydrogen-bond acceptors (Lipinski definition) is 5. The van der Waals surface area contributed by atoms with Crippen LogP contribution in [0.5, 0.6) is 0 Å². The zero-order valence-corrected chi connectivity index (χ0v) is 21.3. The lowest BCUT2D eigenvalue weighted by Gasteiger charge is -2.32. The minimum absolute atomic E-state index is 0.0677. The van der Waals surface area contributed by atoms with Crippen molar-refractivity contribution in [1.82, 2.24) is 20.0 Å².